The number of hydrogen-bond donors (Lipinski definition) is 2. The lowest BCUT2D eigenvalue weighted by Crippen LogP contribution is -2.40. The highest BCUT2D eigenvalue weighted by atomic mass is 19.3. The minimum atomic E-state index is -3.02. The van der Waals surface area contributed by atoms with Crippen molar-refractivity contribution in [3.05, 3.63) is 63.3 Å². The minimum absolute atomic E-state index is 0.00516. The van der Waals surface area contributed by atoms with Gasteiger partial charge in [0.2, 0.25) is 0 Å². The Bertz CT molecular complexity index is 1260. The van der Waals surface area contributed by atoms with Crippen LogP contribution in [0.3, 0.4) is 0 Å². The molecule has 4 atom stereocenters. The van der Waals surface area contributed by atoms with E-state index >= 15 is 0 Å². The van der Waals surface area contributed by atoms with Crippen molar-refractivity contribution in [1.29, 1.82) is 0 Å². The third kappa shape index (κ3) is 4.51. The van der Waals surface area contributed by atoms with Crippen LogP contribution in [0.15, 0.2) is 35.3 Å². The molecular formula is C26H29F5N4O2. The molecule has 11 heteroatoms. The van der Waals surface area contributed by atoms with Crippen molar-refractivity contribution < 1.29 is 26.7 Å². The van der Waals surface area contributed by atoms with Gasteiger partial charge >= 0.3 is 0 Å². The molecule has 0 spiro atoms. The summed E-state index contributed by atoms with van der Waals surface area (Å²) in [6.45, 7) is 2.31. The van der Waals surface area contributed by atoms with Gasteiger partial charge in [0.05, 0.1) is 22.9 Å². The number of alkyl halides is 4. The van der Waals surface area contributed by atoms with E-state index in [4.69, 9.17) is 0 Å². The molecule has 0 unspecified atom stereocenters. The zero-order valence-electron chi connectivity index (χ0n) is 20.5. The predicted octanol–water partition coefficient (Wildman–Crippen LogP) is 4.67. The number of carbonyl (C=O) groups excluding carboxylic acids is 1. The molecule has 2 heterocycles. The third-order valence-electron chi connectivity index (χ3n) is 8.21. The first-order valence-electron chi connectivity index (χ1n) is 12.4. The van der Waals surface area contributed by atoms with Crippen LogP contribution in [0.4, 0.5) is 27.6 Å². The highest BCUT2D eigenvalue weighted by Gasteiger charge is 2.54. The average molecular weight is 525 g/mol. The molecule has 200 valence electrons. The fourth-order valence-corrected chi connectivity index (χ4v) is 5.85. The van der Waals surface area contributed by atoms with E-state index < -0.39 is 47.3 Å². The van der Waals surface area contributed by atoms with Crippen LogP contribution in [-0.2, 0) is 5.54 Å². The lowest BCUT2D eigenvalue weighted by molar-refractivity contribution is 0.0648. The van der Waals surface area contributed by atoms with Gasteiger partial charge < -0.3 is 20.1 Å². The minimum Gasteiger partial charge on any atom is -0.381 e. The number of nitrogens with zero attached hydrogens (tertiary/aromatic N) is 2. The zero-order chi connectivity index (χ0) is 26.6. The number of pyridine rings is 1. The molecule has 3 aliphatic rings. The van der Waals surface area contributed by atoms with Crippen LogP contribution in [0.1, 0.15) is 66.6 Å². The molecule has 0 radical (unpaired) electrons. The van der Waals surface area contributed by atoms with E-state index in [9.17, 15) is 31.5 Å². The Kier molecular flexibility index (Phi) is 6.54. The molecule has 37 heavy (non-hydrogen) atoms. The number of aromatic nitrogens is 1. The summed E-state index contributed by atoms with van der Waals surface area (Å²) in [7, 11) is 2.05. The Morgan fingerprint density at radius 1 is 1.14 bits per heavy atom. The smallest absolute Gasteiger partial charge is 0.266 e. The van der Waals surface area contributed by atoms with Gasteiger partial charge in [-0.1, -0.05) is 18.2 Å². The quantitative estimate of drug-likeness (QED) is 0.493. The van der Waals surface area contributed by atoms with Crippen LogP contribution in [-0.4, -0.2) is 47.5 Å². The van der Waals surface area contributed by atoms with Crippen LogP contribution in [0.2, 0.25) is 0 Å². The fraction of sp³-hybridized carbons (Fsp3) is 0.538. The molecular weight excluding hydrogens is 495 g/mol. The number of piperidine rings is 1. The van der Waals surface area contributed by atoms with E-state index in [0.717, 1.165) is 36.2 Å². The summed E-state index contributed by atoms with van der Waals surface area (Å²) in [4.78, 5) is 28.6. The number of carbonyl (C=O) groups is 1. The van der Waals surface area contributed by atoms with Gasteiger partial charge in [0.1, 0.15) is 11.4 Å². The Morgan fingerprint density at radius 3 is 2.41 bits per heavy atom. The van der Waals surface area contributed by atoms with Gasteiger partial charge in [-0.25, -0.2) is 22.0 Å². The number of fused-ring (bicyclic) bond motifs is 2. The third-order valence-corrected chi connectivity index (χ3v) is 8.21. The van der Waals surface area contributed by atoms with E-state index in [1.165, 1.54) is 25.1 Å². The second-order valence-corrected chi connectivity index (χ2v) is 10.5. The second kappa shape index (κ2) is 9.41. The van der Waals surface area contributed by atoms with Crippen molar-refractivity contribution in [3.63, 3.8) is 0 Å². The molecule has 5 rings (SSSR count). The van der Waals surface area contributed by atoms with Crippen LogP contribution in [0.25, 0.3) is 0 Å². The maximum absolute atomic E-state index is 14.7. The summed E-state index contributed by atoms with van der Waals surface area (Å²) in [6, 6.07) is 4.12. The normalized spacial score (nSPS) is 25.1. The highest BCUT2D eigenvalue weighted by Crippen LogP contribution is 2.48. The Labute approximate surface area is 210 Å². The van der Waals surface area contributed by atoms with Gasteiger partial charge in [-0.2, -0.15) is 0 Å². The van der Waals surface area contributed by atoms with Gasteiger partial charge in [0, 0.05) is 36.5 Å². The molecule has 1 aliphatic heterocycles. The van der Waals surface area contributed by atoms with Crippen LogP contribution in [0, 0.1) is 11.7 Å². The largest absolute Gasteiger partial charge is 0.381 e. The summed E-state index contributed by atoms with van der Waals surface area (Å²) in [5.74, 6) is -1.53. The molecule has 2 aromatic rings. The van der Waals surface area contributed by atoms with Gasteiger partial charge in [-0.3, -0.25) is 9.59 Å². The van der Waals surface area contributed by atoms with Gasteiger partial charge in [-0.15, -0.1) is 0 Å². The molecule has 1 aromatic carbocycles. The zero-order valence-corrected chi connectivity index (χ0v) is 20.5. The van der Waals surface area contributed by atoms with Crippen molar-refractivity contribution in [2.75, 3.05) is 18.9 Å². The number of amides is 1. The molecule has 6 nitrogen and oxygen atoms in total. The standard InChI is InChI=1S/C26H29F5N4O2/c1-13(16-4-3-5-17(22(16)27)23(28)29)32-24(37)18-12-35(26(6-7-26)25(30)31)21(36)10-20(18)33-19-9-15-8-14(19)11-34(15)2/h3-5,10,12-15,19,23,25,33H,6-9,11H2,1-2H3,(H,32,37)/t13-,14-,15-,19+/m1/s1. The van der Waals surface area contributed by atoms with Gasteiger partial charge in [0.15, 0.2) is 0 Å². The van der Waals surface area contributed by atoms with Crippen molar-refractivity contribution >= 4 is 11.6 Å². The topological polar surface area (TPSA) is 66.4 Å². The Hall–Kier alpha value is -2.95. The van der Waals surface area contributed by atoms with E-state index in [1.54, 1.807) is 0 Å². The molecule has 2 bridgehead atoms. The van der Waals surface area contributed by atoms with E-state index in [-0.39, 0.29) is 35.7 Å². The molecule has 1 aromatic heterocycles. The Balaban J connectivity index is 1.47. The molecule has 2 saturated carbocycles. The number of halogens is 5. The number of nitrogens with one attached hydrogen (secondary N) is 2. The maximum atomic E-state index is 14.7. The number of anilines is 1. The molecule has 3 fully saturated rings. The lowest BCUT2D eigenvalue weighted by atomic mass is 10.0. The summed E-state index contributed by atoms with van der Waals surface area (Å²) in [6.07, 6.45) is -2.64. The lowest BCUT2D eigenvalue weighted by Gasteiger charge is -2.30. The highest BCUT2D eigenvalue weighted by molar-refractivity contribution is 5.99. The monoisotopic (exact) mass is 524 g/mol. The SMILES string of the molecule is C[C@@H](NC(=O)c1cn(C2(C(F)F)CC2)c(=O)cc1N[C@H]1C[C@H]2C[C@@H]1CN2C)c1cccc(C(F)F)c1F. The summed E-state index contributed by atoms with van der Waals surface area (Å²) >= 11 is 0. The summed E-state index contributed by atoms with van der Waals surface area (Å²) < 4.78 is 69.6. The van der Waals surface area contributed by atoms with Crippen LogP contribution < -0.4 is 16.2 Å². The number of hydrogen-bond acceptors (Lipinski definition) is 4. The number of rotatable bonds is 8. The number of benzene rings is 1. The predicted molar refractivity (Wildman–Crippen MR) is 128 cm³/mol. The molecule has 1 saturated heterocycles. The first-order chi connectivity index (χ1) is 17.5. The average Bonchev–Trinajstić information content (AvgIpc) is 3.44. The van der Waals surface area contributed by atoms with Crippen molar-refractivity contribution in [3.8, 4) is 0 Å². The van der Waals surface area contributed by atoms with Gasteiger partial charge in [-0.05, 0) is 45.6 Å². The van der Waals surface area contributed by atoms with Crippen molar-refractivity contribution in [2.45, 2.75) is 69.1 Å². The first-order valence-corrected chi connectivity index (χ1v) is 12.4. The van der Waals surface area contributed by atoms with Crippen molar-refractivity contribution in [1.82, 2.24) is 14.8 Å². The fourth-order valence-electron chi connectivity index (χ4n) is 5.85. The second-order valence-electron chi connectivity index (χ2n) is 10.5. The van der Waals surface area contributed by atoms with E-state index in [0.29, 0.717) is 12.0 Å². The summed E-state index contributed by atoms with van der Waals surface area (Å²) in [5, 5.41) is 5.90. The van der Waals surface area contributed by atoms with E-state index in [1.807, 2.05) is 7.05 Å². The first kappa shape index (κ1) is 25.7. The van der Waals surface area contributed by atoms with Crippen LogP contribution in [0.5, 0.6) is 0 Å². The van der Waals surface area contributed by atoms with Crippen molar-refractivity contribution in [2.24, 2.45) is 5.92 Å². The Morgan fingerprint density at radius 2 is 1.84 bits per heavy atom. The molecule has 1 amide bonds. The maximum Gasteiger partial charge on any atom is 0.266 e. The van der Waals surface area contributed by atoms with Gasteiger partial charge in [0.25, 0.3) is 24.3 Å². The number of likely N-dealkylation sites (tertiary alicyclic amines) is 1. The molecule has 2 N–H and O–H groups in total. The van der Waals surface area contributed by atoms with E-state index in [2.05, 4.69) is 15.5 Å². The molecule has 2 aliphatic carbocycles. The summed E-state index contributed by atoms with van der Waals surface area (Å²) in [5.41, 5.74) is -3.00. The van der Waals surface area contributed by atoms with Crippen LogP contribution >= 0.6 is 0 Å².